The number of thioether (sulfide) groups is 1. The van der Waals surface area contributed by atoms with Crippen LogP contribution in [0.25, 0.3) is 10.9 Å². The summed E-state index contributed by atoms with van der Waals surface area (Å²) in [6, 6.07) is 11.0. The molecule has 1 aromatic carbocycles. The van der Waals surface area contributed by atoms with E-state index in [1.807, 2.05) is 24.3 Å². The molecule has 1 aliphatic carbocycles. The van der Waals surface area contributed by atoms with Crippen LogP contribution in [0.3, 0.4) is 0 Å². The minimum Gasteiger partial charge on any atom is -0.467 e. The highest BCUT2D eigenvalue weighted by molar-refractivity contribution is 7.98. The maximum Gasteiger partial charge on any atom is 0.262 e. The molecular formula is C19H16N4O3S. The first-order chi connectivity index (χ1) is 13.3. The standard InChI is InChI=1S/C19H16N4O3S/c24-18-14-5-1-2-6-15(14)20-19(23(18)10-13-4-3-9-25-13)27-11-16-21-17(26-22-16)12-7-8-12/h1-6,9,12H,7-8,10-11H2. The van der Waals surface area contributed by atoms with Gasteiger partial charge < -0.3 is 8.94 Å². The molecule has 0 bridgehead atoms. The first-order valence-electron chi connectivity index (χ1n) is 8.75. The molecule has 1 fully saturated rings. The van der Waals surface area contributed by atoms with Gasteiger partial charge in [0.05, 0.1) is 29.5 Å². The number of para-hydroxylation sites is 1. The highest BCUT2D eigenvalue weighted by Gasteiger charge is 2.29. The lowest BCUT2D eigenvalue weighted by Crippen LogP contribution is -2.23. The van der Waals surface area contributed by atoms with Crippen molar-refractivity contribution in [1.82, 2.24) is 19.7 Å². The summed E-state index contributed by atoms with van der Waals surface area (Å²) in [6.07, 6.45) is 3.83. The third kappa shape index (κ3) is 3.28. The quantitative estimate of drug-likeness (QED) is 0.373. The van der Waals surface area contributed by atoms with Gasteiger partial charge in [0.15, 0.2) is 11.0 Å². The SMILES string of the molecule is O=c1c2ccccc2nc(SCc2noc(C3CC3)n2)n1Cc1ccco1. The second kappa shape index (κ2) is 6.70. The van der Waals surface area contributed by atoms with E-state index in [1.54, 1.807) is 23.0 Å². The summed E-state index contributed by atoms with van der Waals surface area (Å²) in [5.74, 6) is 2.94. The molecule has 4 aromatic rings. The molecule has 0 unspecified atom stereocenters. The van der Waals surface area contributed by atoms with E-state index in [2.05, 4.69) is 15.1 Å². The lowest BCUT2D eigenvalue weighted by molar-refractivity contribution is 0.375. The fourth-order valence-corrected chi connectivity index (χ4v) is 3.75. The number of hydrogen-bond acceptors (Lipinski definition) is 7. The lowest BCUT2D eigenvalue weighted by Gasteiger charge is -2.11. The van der Waals surface area contributed by atoms with E-state index < -0.39 is 0 Å². The van der Waals surface area contributed by atoms with Gasteiger partial charge in [-0.1, -0.05) is 29.1 Å². The van der Waals surface area contributed by atoms with E-state index in [-0.39, 0.29) is 5.56 Å². The Labute approximate surface area is 158 Å². The number of hydrogen-bond donors (Lipinski definition) is 0. The zero-order chi connectivity index (χ0) is 18.2. The molecular weight excluding hydrogens is 364 g/mol. The molecule has 0 N–H and O–H groups in total. The molecule has 7 nitrogen and oxygen atoms in total. The van der Waals surface area contributed by atoms with E-state index in [0.717, 1.165) is 12.8 Å². The minimum absolute atomic E-state index is 0.0914. The van der Waals surface area contributed by atoms with E-state index >= 15 is 0 Å². The Morgan fingerprint density at radius 2 is 2.04 bits per heavy atom. The summed E-state index contributed by atoms with van der Waals surface area (Å²) in [5.41, 5.74) is 0.582. The predicted molar refractivity (Wildman–Crippen MR) is 99.6 cm³/mol. The predicted octanol–water partition coefficient (Wildman–Crippen LogP) is 3.59. The highest BCUT2D eigenvalue weighted by atomic mass is 32.2. The van der Waals surface area contributed by atoms with Crippen LogP contribution in [0.2, 0.25) is 0 Å². The summed E-state index contributed by atoms with van der Waals surface area (Å²) >= 11 is 1.42. The Morgan fingerprint density at radius 3 is 2.85 bits per heavy atom. The van der Waals surface area contributed by atoms with Crippen molar-refractivity contribution in [2.45, 2.75) is 36.2 Å². The number of furan rings is 1. The van der Waals surface area contributed by atoms with Crippen LogP contribution >= 0.6 is 11.8 Å². The average Bonchev–Trinajstić information content (AvgIpc) is 3.21. The highest BCUT2D eigenvalue weighted by Crippen LogP contribution is 2.39. The van der Waals surface area contributed by atoms with Crippen LogP contribution in [-0.4, -0.2) is 19.7 Å². The summed E-state index contributed by atoms with van der Waals surface area (Å²) < 4.78 is 12.4. The Balaban J connectivity index is 1.49. The Bertz CT molecular complexity index is 1150. The van der Waals surface area contributed by atoms with Crippen LogP contribution in [0, 0.1) is 0 Å². The van der Waals surface area contributed by atoms with Gasteiger partial charge in [-0.2, -0.15) is 4.98 Å². The van der Waals surface area contributed by atoms with Gasteiger partial charge in [-0.3, -0.25) is 9.36 Å². The van der Waals surface area contributed by atoms with E-state index in [9.17, 15) is 4.79 Å². The lowest BCUT2D eigenvalue weighted by atomic mass is 10.2. The van der Waals surface area contributed by atoms with Gasteiger partial charge in [0.1, 0.15) is 5.76 Å². The molecule has 0 amide bonds. The molecule has 1 saturated carbocycles. The van der Waals surface area contributed by atoms with Crippen molar-refractivity contribution < 1.29 is 8.94 Å². The molecule has 3 aromatic heterocycles. The van der Waals surface area contributed by atoms with Crippen LogP contribution in [-0.2, 0) is 12.3 Å². The van der Waals surface area contributed by atoms with Gasteiger partial charge in [0.2, 0.25) is 5.89 Å². The van der Waals surface area contributed by atoms with Crippen LogP contribution < -0.4 is 5.56 Å². The van der Waals surface area contributed by atoms with Crippen molar-refractivity contribution >= 4 is 22.7 Å². The molecule has 136 valence electrons. The molecule has 0 radical (unpaired) electrons. The number of fused-ring (bicyclic) bond motifs is 1. The van der Waals surface area contributed by atoms with Gasteiger partial charge in [-0.15, -0.1) is 0 Å². The summed E-state index contributed by atoms with van der Waals surface area (Å²) in [6.45, 7) is 0.325. The fraction of sp³-hybridized carbons (Fsp3) is 0.263. The van der Waals surface area contributed by atoms with Crippen molar-refractivity contribution in [3.63, 3.8) is 0 Å². The molecule has 3 heterocycles. The van der Waals surface area contributed by atoms with Gasteiger partial charge in [-0.05, 0) is 37.1 Å². The molecule has 0 aliphatic heterocycles. The maximum absolute atomic E-state index is 13.0. The zero-order valence-electron chi connectivity index (χ0n) is 14.4. The second-order valence-corrected chi connectivity index (χ2v) is 7.44. The minimum atomic E-state index is -0.0914. The molecule has 8 heteroatoms. The topological polar surface area (TPSA) is 87.0 Å². The van der Waals surface area contributed by atoms with Crippen LogP contribution in [0.4, 0.5) is 0 Å². The molecule has 5 rings (SSSR count). The van der Waals surface area contributed by atoms with Crippen molar-refractivity contribution in [2.24, 2.45) is 0 Å². The first-order valence-corrected chi connectivity index (χ1v) is 9.74. The smallest absolute Gasteiger partial charge is 0.262 e. The van der Waals surface area contributed by atoms with Crippen molar-refractivity contribution in [3.8, 4) is 0 Å². The Hall–Kier alpha value is -2.87. The summed E-state index contributed by atoms with van der Waals surface area (Å²) in [4.78, 5) is 22.1. The summed E-state index contributed by atoms with van der Waals surface area (Å²) in [7, 11) is 0. The normalized spacial score (nSPS) is 14.1. The van der Waals surface area contributed by atoms with E-state index in [1.165, 1.54) is 11.8 Å². The van der Waals surface area contributed by atoms with Gasteiger partial charge >= 0.3 is 0 Å². The summed E-state index contributed by atoms with van der Waals surface area (Å²) in [5, 5.41) is 5.23. The molecule has 1 aliphatic rings. The maximum atomic E-state index is 13.0. The van der Waals surface area contributed by atoms with Gasteiger partial charge in [0, 0.05) is 5.92 Å². The number of rotatable bonds is 6. The van der Waals surface area contributed by atoms with Crippen LogP contribution in [0.15, 0.2) is 61.6 Å². The average molecular weight is 380 g/mol. The number of benzene rings is 1. The van der Waals surface area contributed by atoms with Gasteiger partial charge in [-0.25, -0.2) is 4.98 Å². The van der Waals surface area contributed by atoms with Crippen molar-refractivity contribution in [3.05, 3.63) is 70.5 Å². The largest absolute Gasteiger partial charge is 0.467 e. The Morgan fingerprint density at radius 1 is 1.15 bits per heavy atom. The third-order valence-electron chi connectivity index (χ3n) is 4.46. The molecule has 0 atom stereocenters. The van der Waals surface area contributed by atoms with Crippen LogP contribution in [0.5, 0.6) is 0 Å². The van der Waals surface area contributed by atoms with E-state index in [4.69, 9.17) is 8.94 Å². The molecule has 0 spiro atoms. The fourth-order valence-electron chi connectivity index (χ4n) is 2.91. The van der Waals surface area contributed by atoms with E-state index in [0.29, 0.717) is 51.8 Å². The zero-order valence-corrected chi connectivity index (χ0v) is 15.2. The van der Waals surface area contributed by atoms with Crippen molar-refractivity contribution in [2.75, 3.05) is 0 Å². The van der Waals surface area contributed by atoms with Crippen molar-refractivity contribution in [1.29, 1.82) is 0 Å². The second-order valence-electron chi connectivity index (χ2n) is 6.49. The Kier molecular flexibility index (Phi) is 4.05. The monoisotopic (exact) mass is 380 g/mol. The molecule has 0 saturated heterocycles. The van der Waals surface area contributed by atoms with Gasteiger partial charge in [0.25, 0.3) is 5.56 Å². The third-order valence-corrected chi connectivity index (χ3v) is 5.43. The number of aromatic nitrogens is 4. The first kappa shape index (κ1) is 16.3. The van der Waals surface area contributed by atoms with Crippen LogP contribution in [0.1, 0.15) is 36.2 Å². The number of nitrogens with zero attached hydrogens (tertiary/aromatic N) is 4. The molecule has 27 heavy (non-hydrogen) atoms.